The van der Waals surface area contributed by atoms with Crippen molar-refractivity contribution in [1.29, 1.82) is 0 Å². The number of hydrogen-bond donors (Lipinski definition) is 1. The van der Waals surface area contributed by atoms with Crippen LogP contribution >= 0.6 is 0 Å². The van der Waals surface area contributed by atoms with Crippen molar-refractivity contribution in [2.75, 3.05) is 13.2 Å². The van der Waals surface area contributed by atoms with Crippen LogP contribution in [0.5, 0.6) is 0 Å². The fourth-order valence-electron chi connectivity index (χ4n) is 4.75. The number of amides is 2. The van der Waals surface area contributed by atoms with Gasteiger partial charge in [-0.1, -0.05) is 44.2 Å². The Bertz CT molecular complexity index is 1170. The lowest BCUT2D eigenvalue weighted by Gasteiger charge is -2.36. The van der Waals surface area contributed by atoms with Gasteiger partial charge in [-0.3, -0.25) is 19.2 Å². The lowest BCUT2D eigenvalue weighted by atomic mass is 9.64. The first-order valence-electron chi connectivity index (χ1n) is 13.4. The van der Waals surface area contributed by atoms with Gasteiger partial charge in [-0.2, -0.15) is 13.5 Å². The third-order valence-corrected chi connectivity index (χ3v) is 8.09. The second kappa shape index (κ2) is 13.6. The molecule has 222 valence electrons. The smallest absolute Gasteiger partial charge is 0.421 e. The molecule has 1 aromatic rings. The minimum atomic E-state index is -4.56. The second-order valence-corrected chi connectivity index (χ2v) is 12.3. The Morgan fingerprint density at radius 3 is 2.30 bits per heavy atom. The van der Waals surface area contributed by atoms with E-state index in [0.717, 1.165) is 10.6 Å². The number of hydroxylamine groups is 2. The van der Waals surface area contributed by atoms with Gasteiger partial charge in [0.2, 0.25) is 5.91 Å². The Balaban J connectivity index is 1.29. The first kappa shape index (κ1) is 31.5. The van der Waals surface area contributed by atoms with Crippen LogP contribution in [0.2, 0.25) is 0 Å². The van der Waals surface area contributed by atoms with Gasteiger partial charge in [0.15, 0.2) is 0 Å². The molecule has 1 saturated carbocycles. The van der Waals surface area contributed by atoms with E-state index >= 15 is 0 Å². The Morgan fingerprint density at radius 1 is 1.05 bits per heavy atom. The summed E-state index contributed by atoms with van der Waals surface area (Å²) in [6.45, 7) is 5.10. The molecule has 0 aromatic heterocycles. The van der Waals surface area contributed by atoms with Crippen molar-refractivity contribution >= 4 is 34.2 Å². The van der Waals surface area contributed by atoms with Gasteiger partial charge in [-0.05, 0) is 49.5 Å². The van der Waals surface area contributed by atoms with E-state index in [1.54, 1.807) is 20.8 Å². The van der Waals surface area contributed by atoms with Crippen LogP contribution in [0.3, 0.4) is 0 Å². The van der Waals surface area contributed by atoms with Crippen molar-refractivity contribution in [2.24, 2.45) is 28.9 Å². The number of fused-ring (bicyclic) bond motifs is 1. The first-order chi connectivity index (χ1) is 18.8. The van der Waals surface area contributed by atoms with Crippen molar-refractivity contribution in [2.45, 2.75) is 71.9 Å². The molecule has 1 aromatic carbocycles. The molecule has 1 heterocycles. The normalized spacial score (nSPS) is 22.4. The number of carbonyl (C=O) groups excluding carboxylic acids is 4. The summed E-state index contributed by atoms with van der Waals surface area (Å²) in [5, 5.41) is 0.755. The van der Waals surface area contributed by atoms with E-state index in [0.29, 0.717) is 25.7 Å². The number of ether oxygens (including phenoxy) is 2. The number of carbonyl (C=O) groups is 4. The van der Waals surface area contributed by atoms with Crippen LogP contribution in [0.25, 0.3) is 0 Å². The summed E-state index contributed by atoms with van der Waals surface area (Å²) in [4.78, 5) is 47.9. The number of primary amides is 1. The largest absolute Gasteiger partial charge is 0.466 e. The van der Waals surface area contributed by atoms with Crippen LogP contribution < -0.4 is 5.73 Å². The average molecular weight is 583 g/mol. The summed E-state index contributed by atoms with van der Waals surface area (Å²) in [6, 6.07) is 8.80. The Morgan fingerprint density at radius 2 is 1.68 bits per heavy atom. The van der Waals surface area contributed by atoms with Crippen molar-refractivity contribution in [1.82, 2.24) is 5.06 Å². The van der Waals surface area contributed by atoms with Crippen LogP contribution in [-0.2, 0) is 54.1 Å². The van der Waals surface area contributed by atoms with E-state index in [-0.39, 0.29) is 44.5 Å². The van der Waals surface area contributed by atoms with E-state index in [1.807, 2.05) is 30.3 Å². The van der Waals surface area contributed by atoms with Crippen LogP contribution in [-0.4, -0.2) is 56.5 Å². The average Bonchev–Trinajstić information content (AvgIpc) is 3.03. The van der Waals surface area contributed by atoms with E-state index < -0.39 is 51.5 Å². The quantitative estimate of drug-likeness (QED) is 0.226. The minimum Gasteiger partial charge on any atom is -0.466 e. The topological polar surface area (TPSA) is 169 Å². The van der Waals surface area contributed by atoms with Gasteiger partial charge >= 0.3 is 22.3 Å². The lowest BCUT2D eigenvalue weighted by Crippen LogP contribution is -2.46. The van der Waals surface area contributed by atoms with Crippen LogP contribution in [0, 0.1) is 23.2 Å². The summed E-state index contributed by atoms with van der Waals surface area (Å²) in [7, 11) is -4.56. The fourth-order valence-corrected chi connectivity index (χ4v) is 5.66. The molecule has 1 saturated heterocycles. The van der Waals surface area contributed by atoms with Crippen LogP contribution in [0.15, 0.2) is 30.3 Å². The highest BCUT2D eigenvalue weighted by molar-refractivity contribution is 7.81. The Labute approximate surface area is 234 Å². The molecule has 2 aliphatic rings. The van der Waals surface area contributed by atoms with E-state index in [9.17, 15) is 27.6 Å². The molecule has 0 bridgehead atoms. The standard InChI is InChI=1S/C27H38N2O10S/c1-18-20-15-21(25(28)32)24(20)26(33)29(18)39-40(34,35)38-17-27(2,3)13-14-36-22(30)11-7-8-12-23(31)37-16-19-9-5-4-6-10-19/h4-6,9-10,18,20-21,24H,7-8,11-17H2,1-3H3,(H2,28,32)/t18-,20-,21+,24?/m0/s1. The highest BCUT2D eigenvalue weighted by atomic mass is 32.3. The maximum atomic E-state index is 12.6. The van der Waals surface area contributed by atoms with Crippen LogP contribution in [0.1, 0.15) is 64.9 Å². The second-order valence-electron chi connectivity index (χ2n) is 11.1. The van der Waals surface area contributed by atoms with Crippen molar-refractivity contribution in [3.8, 4) is 0 Å². The highest BCUT2D eigenvalue weighted by Gasteiger charge is 2.60. The number of hydrogen-bond acceptors (Lipinski definition) is 10. The number of unbranched alkanes of at least 4 members (excludes halogenated alkanes) is 1. The molecule has 4 atom stereocenters. The Kier molecular flexibility index (Phi) is 10.7. The number of esters is 2. The summed E-state index contributed by atoms with van der Waals surface area (Å²) >= 11 is 0. The molecule has 1 aliphatic heterocycles. The zero-order valence-corrected chi connectivity index (χ0v) is 23.9. The van der Waals surface area contributed by atoms with Crippen molar-refractivity contribution in [3.05, 3.63) is 35.9 Å². The molecule has 0 radical (unpaired) electrons. The zero-order valence-electron chi connectivity index (χ0n) is 23.1. The zero-order chi connectivity index (χ0) is 29.5. The van der Waals surface area contributed by atoms with Gasteiger partial charge in [0.05, 0.1) is 31.1 Å². The molecule has 2 N–H and O–H groups in total. The van der Waals surface area contributed by atoms with Crippen molar-refractivity contribution in [3.63, 3.8) is 0 Å². The third-order valence-electron chi connectivity index (χ3n) is 7.34. The summed E-state index contributed by atoms with van der Waals surface area (Å²) in [5.74, 6) is -3.46. The van der Waals surface area contributed by atoms with Gasteiger partial charge in [-0.25, -0.2) is 4.18 Å². The van der Waals surface area contributed by atoms with E-state index in [1.165, 1.54) is 0 Å². The molecule has 3 rings (SSSR count). The fraction of sp³-hybridized carbons (Fsp3) is 0.630. The molecular weight excluding hydrogens is 544 g/mol. The molecule has 2 fully saturated rings. The van der Waals surface area contributed by atoms with E-state index in [2.05, 4.69) is 0 Å². The predicted octanol–water partition coefficient (Wildman–Crippen LogP) is 2.41. The molecule has 13 heteroatoms. The summed E-state index contributed by atoms with van der Waals surface area (Å²) < 4.78 is 45.2. The molecular formula is C27H38N2O10S. The number of rotatable bonds is 16. The van der Waals surface area contributed by atoms with Crippen molar-refractivity contribution < 1.29 is 45.5 Å². The number of nitrogens with two attached hydrogens (primary N) is 1. The summed E-state index contributed by atoms with van der Waals surface area (Å²) in [5.41, 5.74) is 5.52. The van der Waals surface area contributed by atoms with E-state index in [4.69, 9.17) is 23.7 Å². The van der Waals surface area contributed by atoms with Gasteiger partial charge in [0, 0.05) is 12.8 Å². The number of nitrogens with zero attached hydrogens (tertiary/aromatic N) is 1. The maximum Gasteiger partial charge on any atom is 0.421 e. The van der Waals surface area contributed by atoms with Gasteiger partial charge in [0.1, 0.15) is 6.61 Å². The first-order valence-corrected chi connectivity index (χ1v) is 14.7. The molecule has 1 unspecified atom stereocenters. The Hall–Kier alpha value is -3.03. The number of benzene rings is 1. The van der Waals surface area contributed by atoms with Gasteiger partial charge in [0.25, 0.3) is 5.91 Å². The highest BCUT2D eigenvalue weighted by Crippen LogP contribution is 2.50. The monoisotopic (exact) mass is 582 g/mol. The maximum absolute atomic E-state index is 12.6. The minimum absolute atomic E-state index is 0.0503. The summed E-state index contributed by atoms with van der Waals surface area (Å²) in [6.07, 6.45) is 2.02. The van der Waals surface area contributed by atoms with Crippen LogP contribution in [0.4, 0.5) is 0 Å². The SMILES string of the molecule is C[C@H]1[C@@H]2C[C@@H](C(N)=O)C2C(=O)N1OS(=O)(=O)OCC(C)(C)CCOC(=O)CCCCC(=O)OCc1ccccc1. The third kappa shape index (κ3) is 8.73. The van der Waals surface area contributed by atoms with Gasteiger partial charge in [-0.15, -0.1) is 4.28 Å². The van der Waals surface area contributed by atoms with Gasteiger partial charge < -0.3 is 15.2 Å². The molecule has 2 amide bonds. The predicted molar refractivity (Wildman–Crippen MR) is 141 cm³/mol. The molecule has 0 spiro atoms. The molecule has 1 aliphatic carbocycles. The molecule has 40 heavy (non-hydrogen) atoms. The lowest BCUT2D eigenvalue weighted by molar-refractivity contribution is -0.160. The molecule has 12 nitrogen and oxygen atoms in total.